The van der Waals surface area contributed by atoms with Gasteiger partial charge >= 0.3 is 0 Å². The Morgan fingerprint density at radius 3 is 2.54 bits per heavy atom. The molecule has 1 heterocycles. The molecule has 0 aliphatic heterocycles. The third kappa shape index (κ3) is 4.85. The van der Waals surface area contributed by atoms with Crippen LogP contribution < -0.4 is 5.56 Å². The highest BCUT2D eigenvalue weighted by molar-refractivity contribution is 9.10. The van der Waals surface area contributed by atoms with Gasteiger partial charge in [-0.25, -0.2) is 13.4 Å². The van der Waals surface area contributed by atoms with Crippen LogP contribution in [0.5, 0.6) is 0 Å². The monoisotopic (exact) mass is 480 g/mol. The van der Waals surface area contributed by atoms with Crippen molar-refractivity contribution in [3.8, 4) is 0 Å². The van der Waals surface area contributed by atoms with Gasteiger partial charge in [-0.05, 0) is 42.8 Å². The number of unbranched alkanes of at least 4 members (excludes halogenated alkanes) is 1. The molecule has 28 heavy (non-hydrogen) atoms. The summed E-state index contributed by atoms with van der Waals surface area (Å²) >= 11 is 4.63. The lowest BCUT2D eigenvalue weighted by Gasteiger charge is -2.13. The lowest BCUT2D eigenvalue weighted by Crippen LogP contribution is -2.24. The molecule has 2 aromatic carbocycles. The summed E-state index contributed by atoms with van der Waals surface area (Å²) in [6.07, 6.45) is 1.83. The van der Waals surface area contributed by atoms with Gasteiger partial charge < -0.3 is 0 Å². The minimum Gasteiger partial charge on any atom is -0.287 e. The number of fused-ring (bicyclic) bond motifs is 1. The quantitative estimate of drug-likeness (QED) is 0.350. The van der Waals surface area contributed by atoms with E-state index in [1.807, 2.05) is 18.2 Å². The zero-order valence-electron chi connectivity index (χ0n) is 15.5. The Morgan fingerprint density at radius 1 is 1.11 bits per heavy atom. The van der Waals surface area contributed by atoms with E-state index in [0.29, 0.717) is 33.3 Å². The second-order valence-corrected chi connectivity index (χ2v) is 10.4. The first-order valence-corrected chi connectivity index (χ1v) is 12.5. The van der Waals surface area contributed by atoms with Crippen LogP contribution in [0.1, 0.15) is 19.8 Å². The molecule has 0 radical (unpaired) electrons. The molecular formula is C20H21BrN2O3S2. The first-order chi connectivity index (χ1) is 13.4. The molecular weight excluding hydrogens is 460 g/mol. The lowest BCUT2D eigenvalue weighted by molar-refractivity contribution is 0.558. The molecule has 0 fully saturated rings. The summed E-state index contributed by atoms with van der Waals surface area (Å²) in [5.41, 5.74) is 0.566. The summed E-state index contributed by atoms with van der Waals surface area (Å²) in [5.74, 6) is 0.311. The van der Waals surface area contributed by atoms with Crippen LogP contribution in [0.15, 0.2) is 67.9 Å². The van der Waals surface area contributed by atoms with Crippen LogP contribution >= 0.6 is 27.7 Å². The fourth-order valence-corrected chi connectivity index (χ4v) is 5.71. The standard InChI is InChI=1S/C20H21BrN2O3S2/c1-2-3-12-23-19(24)17-6-4-5-7-18(17)22-20(23)27-13-14-28(25,26)16-10-8-15(21)9-11-16/h4-11H,2-3,12-14H2,1H3. The number of hydrogen-bond donors (Lipinski definition) is 0. The molecule has 0 bridgehead atoms. The van der Waals surface area contributed by atoms with Crippen molar-refractivity contribution >= 4 is 48.4 Å². The lowest BCUT2D eigenvalue weighted by atomic mass is 10.2. The van der Waals surface area contributed by atoms with Gasteiger partial charge in [-0.2, -0.15) is 0 Å². The summed E-state index contributed by atoms with van der Waals surface area (Å²) in [5, 5.41) is 1.16. The van der Waals surface area contributed by atoms with Crippen LogP contribution in [0.25, 0.3) is 10.9 Å². The van der Waals surface area contributed by atoms with Crippen molar-refractivity contribution in [3.05, 3.63) is 63.4 Å². The maximum Gasteiger partial charge on any atom is 0.262 e. The van der Waals surface area contributed by atoms with E-state index in [2.05, 4.69) is 27.8 Å². The third-order valence-corrected chi connectivity index (χ3v) is 7.82. The van der Waals surface area contributed by atoms with Crippen molar-refractivity contribution < 1.29 is 8.42 Å². The number of para-hydroxylation sites is 1. The fourth-order valence-electron chi connectivity index (χ4n) is 2.77. The number of thioether (sulfide) groups is 1. The van der Waals surface area contributed by atoms with Crippen molar-refractivity contribution in [3.63, 3.8) is 0 Å². The smallest absolute Gasteiger partial charge is 0.262 e. The van der Waals surface area contributed by atoms with Gasteiger partial charge in [0.2, 0.25) is 0 Å². The highest BCUT2D eigenvalue weighted by Crippen LogP contribution is 2.21. The number of hydrogen-bond acceptors (Lipinski definition) is 5. The highest BCUT2D eigenvalue weighted by Gasteiger charge is 2.16. The summed E-state index contributed by atoms with van der Waals surface area (Å²) in [4.78, 5) is 17.8. The van der Waals surface area contributed by atoms with Crippen molar-refractivity contribution in [2.75, 3.05) is 11.5 Å². The Hall–Kier alpha value is -1.64. The van der Waals surface area contributed by atoms with Crippen LogP contribution in [0, 0.1) is 0 Å². The van der Waals surface area contributed by atoms with E-state index in [0.717, 1.165) is 17.3 Å². The molecule has 3 rings (SSSR count). The van der Waals surface area contributed by atoms with E-state index in [1.165, 1.54) is 11.8 Å². The zero-order valence-corrected chi connectivity index (χ0v) is 18.7. The predicted molar refractivity (Wildman–Crippen MR) is 118 cm³/mol. The number of nitrogens with zero attached hydrogens (tertiary/aromatic N) is 2. The number of sulfone groups is 1. The molecule has 0 saturated heterocycles. The van der Waals surface area contributed by atoms with E-state index in [9.17, 15) is 13.2 Å². The fraction of sp³-hybridized carbons (Fsp3) is 0.300. The molecule has 0 spiro atoms. The minimum absolute atomic E-state index is 0.0181. The van der Waals surface area contributed by atoms with Crippen LogP contribution in [0.4, 0.5) is 0 Å². The van der Waals surface area contributed by atoms with Gasteiger partial charge in [0.1, 0.15) is 0 Å². The highest BCUT2D eigenvalue weighted by atomic mass is 79.9. The molecule has 0 amide bonds. The molecule has 148 valence electrons. The summed E-state index contributed by atoms with van der Waals surface area (Å²) in [6, 6.07) is 13.9. The number of halogens is 1. The SMILES string of the molecule is CCCCn1c(SCCS(=O)(=O)c2ccc(Br)cc2)nc2ccccc2c1=O. The molecule has 0 saturated carbocycles. The molecule has 3 aromatic rings. The average Bonchev–Trinajstić information content (AvgIpc) is 2.68. The van der Waals surface area contributed by atoms with Gasteiger partial charge in [-0.1, -0.05) is 53.2 Å². The Bertz CT molecular complexity index is 1130. The van der Waals surface area contributed by atoms with Gasteiger partial charge in [-0.3, -0.25) is 9.36 Å². The maximum absolute atomic E-state index is 12.9. The molecule has 8 heteroatoms. The summed E-state index contributed by atoms with van der Waals surface area (Å²) < 4.78 is 27.6. The van der Waals surface area contributed by atoms with Crippen LogP contribution in [0.2, 0.25) is 0 Å². The van der Waals surface area contributed by atoms with Crippen LogP contribution in [-0.2, 0) is 16.4 Å². The summed E-state index contributed by atoms with van der Waals surface area (Å²) in [6.45, 7) is 2.64. The number of benzene rings is 2. The van der Waals surface area contributed by atoms with Crippen molar-refractivity contribution in [2.45, 2.75) is 36.4 Å². The second-order valence-electron chi connectivity index (χ2n) is 6.34. The van der Waals surface area contributed by atoms with Crippen LogP contribution in [0.3, 0.4) is 0 Å². The Kier molecular flexibility index (Phi) is 6.95. The van der Waals surface area contributed by atoms with Crippen molar-refractivity contribution in [1.29, 1.82) is 0 Å². The summed E-state index contributed by atoms with van der Waals surface area (Å²) in [7, 11) is -3.39. The minimum atomic E-state index is -3.39. The van der Waals surface area contributed by atoms with Crippen LogP contribution in [-0.4, -0.2) is 29.5 Å². The van der Waals surface area contributed by atoms with E-state index in [4.69, 9.17) is 0 Å². The van der Waals surface area contributed by atoms with E-state index < -0.39 is 9.84 Å². The van der Waals surface area contributed by atoms with Gasteiger partial charge in [0, 0.05) is 16.8 Å². The maximum atomic E-state index is 12.9. The molecule has 1 aromatic heterocycles. The van der Waals surface area contributed by atoms with E-state index in [-0.39, 0.29) is 11.3 Å². The van der Waals surface area contributed by atoms with Crippen molar-refractivity contribution in [2.24, 2.45) is 0 Å². The zero-order chi connectivity index (χ0) is 20.1. The number of rotatable bonds is 8. The van der Waals surface area contributed by atoms with E-state index in [1.54, 1.807) is 34.9 Å². The first kappa shape index (κ1) is 21.1. The molecule has 0 aliphatic carbocycles. The second kappa shape index (κ2) is 9.24. The molecule has 0 N–H and O–H groups in total. The largest absolute Gasteiger partial charge is 0.287 e. The Balaban J connectivity index is 1.83. The van der Waals surface area contributed by atoms with E-state index >= 15 is 0 Å². The molecule has 5 nitrogen and oxygen atoms in total. The normalized spacial score (nSPS) is 11.8. The molecule has 0 unspecified atom stereocenters. The van der Waals surface area contributed by atoms with Gasteiger partial charge in [0.05, 0.1) is 21.6 Å². The van der Waals surface area contributed by atoms with Gasteiger partial charge in [-0.15, -0.1) is 0 Å². The topological polar surface area (TPSA) is 69.0 Å². The average molecular weight is 481 g/mol. The van der Waals surface area contributed by atoms with Crippen molar-refractivity contribution in [1.82, 2.24) is 9.55 Å². The van der Waals surface area contributed by atoms with Gasteiger partial charge in [0.15, 0.2) is 15.0 Å². The molecule has 0 aliphatic rings. The third-order valence-electron chi connectivity index (χ3n) is 4.32. The number of aromatic nitrogens is 2. The molecule has 0 atom stereocenters. The predicted octanol–water partition coefficient (Wildman–Crippen LogP) is 4.53. The Morgan fingerprint density at radius 2 is 1.82 bits per heavy atom. The first-order valence-electron chi connectivity index (χ1n) is 9.03. The van der Waals surface area contributed by atoms with Gasteiger partial charge in [0.25, 0.3) is 5.56 Å². The Labute approximate surface area is 177 Å².